The molecule has 0 spiro atoms. The maximum Gasteiger partial charge on any atom is 0.0116 e. The average Bonchev–Trinajstić information content (AvgIpc) is 2.49. The van der Waals surface area contributed by atoms with Crippen molar-refractivity contribution in [1.29, 1.82) is 0 Å². The number of benzene rings is 3. The molecule has 0 fully saturated rings. The van der Waals surface area contributed by atoms with Gasteiger partial charge in [0.15, 0.2) is 0 Å². The third-order valence-corrected chi connectivity index (χ3v) is 3.83. The third-order valence-electron chi connectivity index (χ3n) is 3.02. The van der Waals surface area contributed by atoms with Gasteiger partial charge in [0.05, 0.1) is 0 Å². The standard InChI is InChI=1S/C18H14S/c1-2-10-17(11-3-1)19-14-13-16-9-6-8-15-7-4-5-12-18(15)16/h1-14H/b14-13+. The van der Waals surface area contributed by atoms with Crippen LogP contribution in [0, 0.1) is 0 Å². The molecule has 0 radical (unpaired) electrons. The van der Waals surface area contributed by atoms with E-state index in [1.165, 1.54) is 21.2 Å². The lowest BCUT2D eigenvalue weighted by Gasteiger charge is -2.01. The van der Waals surface area contributed by atoms with Gasteiger partial charge in [0.1, 0.15) is 0 Å². The van der Waals surface area contributed by atoms with E-state index in [0.717, 1.165) is 0 Å². The number of hydrogen-bond donors (Lipinski definition) is 0. The molecular formula is C18H14S. The highest BCUT2D eigenvalue weighted by molar-refractivity contribution is 8.02. The number of rotatable bonds is 3. The molecule has 0 heterocycles. The molecule has 0 saturated carbocycles. The molecule has 3 aromatic rings. The van der Waals surface area contributed by atoms with Crippen LogP contribution in [0.15, 0.2) is 83.1 Å². The molecule has 0 aliphatic rings. The summed E-state index contributed by atoms with van der Waals surface area (Å²) in [5.74, 6) is 0. The Morgan fingerprint density at radius 3 is 2.32 bits per heavy atom. The summed E-state index contributed by atoms with van der Waals surface area (Å²) in [5.41, 5.74) is 1.27. The highest BCUT2D eigenvalue weighted by Crippen LogP contribution is 2.23. The molecule has 3 aromatic carbocycles. The molecule has 0 unspecified atom stereocenters. The van der Waals surface area contributed by atoms with Crippen molar-refractivity contribution in [1.82, 2.24) is 0 Å². The zero-order valence-electron chi connectivity index (χ0n) is 10.5. The Hall–Kier alpha value is -1.99. The molecule has 1 heteroatoms. The molecule has 0 amide bonds. The van der Waals surface area contributed by atoms with Crippen molar-refractivity contribution in [3.05, 3.63) is 83.8 Å². The van der Waals surface area contributed by atoms with Gasteiger partial charge in [-0.2, -0.15) is 0 Å². The highest BCUT2D eigenvalue weighted by Gasteiger charge is 1.96. The van der Waals surface area contributed by atoms with Gasteiger partial charge < -0.3 is 0 Å². The Bertz CT molecular complexity index is 694. The van der Waals surface area contributed by atoms with Gasteiger partial charge in [-0.3, -0.25) is 0 Å². The maximum atomic E-state index is 2.18. The molecule has 0 saturated heterocycles. The number of fused-ring (bicyclic) bond motifs is 1. The fourth-order valence-electron chi connectivity index (χ4n) is 2.08. The third kappa shape index (κ3) is 2.88. The van der Waals surface area contributed by atoms with Crippen LogP contribution in [-0.4, -0.2) is 0 Å². The van der Waals surface area contributed by atoms with Crippen molar-refractivity contribution in [2.24, 2.45) is 0 Å². The Morgan fingerprint density at radius 1 is 0.684 bits per heavy atom. The van der Waals surface area contributed by atoms with Crippen LogP contribution in [0.3, 0.4) is 0 Å². The van der Waals surface area contributed by atoms with Crippen LogP contribution in [0.25, 0.3) is 16.8 Å². The molecular weight excluding hydrogens is 248 g/mol. The zero-order valence-corrected chi connectivity index (χ0v) is 11.3. The van der Waals surface area contributed by atoms with Crippen molar-refractivity contribution >= 4 is 28.6 Å². The fourth-order valence-corrected chi connectivity index (χ4v) is 2.77. The number of thioether (sulfide) groups is 1. The first kappa shape index (κ1) is 12.1. The van der Waals surface area contributed by atoms with Gasteiger partial charge in [-0.05, 0) is 40.0 Å². The largest absolute Gasteiger partial charge is 0.0981 e. The quantitative estimate of drug-likeness (QED) is 0.553. The van der Waals surface area contributed by atoms with Gasteiger partial charge in [-0.1, -0.05) is 72.4 Å². The van der Waals surface area contributed by atoms with Gasteiger partial charge >= 0.3 is 0 Å². The lowest BCUT2D eigenvalue weighted by molar-refractivity contribution is 1.47. The molecule has 3 rings (SSSR count). The minimum Gasteiger partial charge on any atom is -0.0981 e. The van der Waals surface area contributed by atoms with Crippen LogP contribution < -0.4 is 0 Å². The normalized spacial score (nSPS) is 11.2. The fraction of sp³-hybridized carbons (Fsp3) is 0. The van der Waals surface area contributed by atoms with Crippen molar-refractivity contribution in [3.63, 3.8) is 0 Å². The topological polar surface area (TPSA) is 0 Å². The molecule has 19 heavy (non-hydrogen) atoms. The van der Waals surface area contributed by atoms with Crippen molar-refractivity contribution in [2.45, 2.75) is 4.90 Å². The Balaban J connectivity index is 1.85. The molecule has 92 valence electrons. The second-order valence-electron chi connectivity index (χ2n) is 4.30. The van der Waals surface area contributed by atoms with Gasteiger partial charge in [0.2, 0.25) is 0 Å². The first-order valence-corrected chi connectivity index (χ1v) is 7.17. The second-order valence-corrected chi connectivity index (χ2v) is 5.28. The van der Waals surface area contributed by atoms with Crippen molar-refractivity contribution < 1.29 is 0 Å². The van der Waals surface area contributed by atoms with Gasteiger partial charge in [0.25, 0.3) is 0 Å². The summed E-state index contributed by atoms with van der Waals surface area (Å²) in [4.78, 5) is 1.26. The first-order chi connectivity index (χ1) is 9.43. The van der Waals surface area contributed by atoms with E-state index in [2.05, 4.69) is 78.2 Å². The molecule has 0 aliphatic heterocycles. The first-order valence-electron chi connectivity index (χ1n) is 6.29. The van der Waals surface area contributed by atoms with Crippen LogP contribution >= 0.6 is 11.8 Å². The lowest BCUT2D eigenvalue weighted by Crippen LogP contribution is -1.76. The van der Waals surface area contributed by atoms with E-state index in [1.807, 2.05) is 6.07 Å². The lowest BCUT2D eigenvalue weighted by atomic mass is 10.1. The average molecular weight is 262 g/mol. The Morgan fingerprint density at radius 2 is 1.42 bits per heavy atom. The molecule has 0 nitrogen and oxygen atoms in total. The van der Waals surface area contributed by atoms with E-state index in [9.17, 15) is 0 Å². The summed E-state index contributed by atoms with van der Waals surface area (Å²) in [6.45, 7) is 0. The monoisotopic (exact) mass is 262 g/mol. The summed E-state index contributed by atoms with van der Waals surface area (Å²) >= 11 is 1.74. The summed E-state index contributed by atoms with van der Waals surface area (Å²) in [6.07, 6.45) is 2.18. The molecule has 0 N–H and O–H groups in total. The molecule has 0 aliphatic carbocycles. The minimum absolute atomic E-state index is 1.26. The van der Waals surface area contributed by atoms with Gasteiger partial charge in [-0.15, -0.1) is 0 Å². The zero-order chi connectivity index (χ0) is 12.9. The summed E-state index contributed by atoms with van der Waals surface area (Å²) in [7, 11) is 0. The van der Waals surface area contributed by atoms with Gasteiger partial charge in [-0.25, -0.2) is 0 Å². The Labute approximate surface area is 117 Å². The smallest absolute Gasteiger partial charge is 0.0116 e. The van der Waals surface area contributed by atoms with Crippen molar-refractivity contribution in [2.75, 3.05) is 0 Å². The Kier molecular flexibility index (Phi) is 3.66. The summed E-state index contributed by atoms with van der Waals surface area (Å²) in [6, 6.07) is 25.3. The van der Waals surface area contributed by atoms with Crippen LogP contribution in [0.4, 0.5) is 0 Å². The molecule has 0 atom stereocenters. The van der Waals surface area contributed by atoms with E-state index >= 15 is 0 Å². The highest BCUT2D eigenvalue weighted by atomic mass is 32.2. The van der Waals surface area contributed by atoms with E-state index in [-0.39, 0.29) is 0 Å². The maximum absolute atomic E-state index is 2.18. The van der Waals surface area contributed by atoms with E-state index in [1.54, 1.807) is 11.8 Å². The van der Waals surface area contributed by atoms with Crippen LogP contribution in [0.5, 0.6) is 0 Å². The van der Waals surface area contributed by atoms with E-state index in [4.69, 9.17) is 0 Å². The van der Waals surface area contributed by atoms with Crippen LogP contribution in [-0.2, 0) is 0 Å². The van der Waals surface area contributed by atoms with E-state index in [0.29, 0.717) is 0 Å². The summed E-state index contributed by atoms with van der Waals surface area (Å²) < 4.78 is 0. The van der Waals surface area contributed by atoms with E-state index < -0.39 is 0 Å². The predicted molar refractivity (Wildman–Crippen MR) is 85.3 cm³/mol. The van der Waals surface area contributed by atoms with Gasteiger partial charge in [0, 0.05) is 4.90 Å². The molecule has 0 bridgehead atoms. The van der Waals surface area contributed by atoms with Crippen LogP contribution in [0.1, 0.15) is 5.56 Å². The van der Waals surface area contributed by atoms with Crippen LogP contribution in [0.2, 0.25) is 0 Å². The molecule has 0 aromatic heterocycles. The SMILES string of the molecule is C(=C\c1cccc2ccccc12)/Sc1ccccc1. The summed E-state index contributed by atoms with van der Waals surface area (Å²) in [5, 5.41) is 4.74. The predicted octanol–water partition coefficient (Wildman–Crippen LogP) is 5.60. The second kappa shape index (κ2) is 5.77. The van der Waals surface area contributed by atoms with Crippen molar-refractivity contribution in [3.8, 4) is 0 Å². The number of hydrogen-bond acceptors (Lipinski definition) is 1. The minimum atomic E-state index is 1.26.